The van der Waals surface area contributed by atoms with Crippen LogP contribution in [0, 0.1) is 0 Å². The van der Waals surface area contributed by atoms with Gasteiger partial charge in [-0.1, -0.05) is 128 Å². The first-order chi connectivity index (χ1) is 24.8. The van der Waals surface area contributed by atoms with Gasteiger partial charge in [0.05, 0.1) is 26.4 Å². The Hall–Kier alpha value is -1.55. The molecular formula is C40H75O10P. The van der Waals surface area contributed by atoms with Gasteiger partial charge in [0.15, 0.2) is 0 Å². The number of allylic oxidation sites excluding steroid dienone is 4. The van der Waals surface area contributed by atoms with Crippen LogP contribution in [0.2, 0.25) is 0 Å². The lowest BCUT2D eigenvalue weighted by atomic mass is 10.1. The van der Waals surface area contributed by atoms with Crippen molar-refractivity contribution in [2.24, 2.45) is 0 Å². The first-order valence-electron chi connectivity index (χ1n) is 20.3. The van der Waals surface area contributed by atoms with Gasteiger partial charge in [0, 0.05) is 12.8 Å². The minimum Gasteiger partial charge on any atom is -0.457 e. The van der Waals surface area contributed by atoms with Crippen molar-refractivity contribution in [3.8, 4) is 0 Å². The van der Waals surface area contributed by atoms with E-state index >= 15 is 0 Å². The molecular weight excluding hydrogens is 671 g/mol. The van der Waals surface area contributed by atoms with E-state index in [9.17, 15) is 29.3 Å². The van der Waals surface area contributed by atoms with E-state index in [0.717, 1.165) is 77.0 Å². The lowest BCUT2D eigenvalue weighted by Gasteiger charge is -2.20. The predicted molar refractivity (Wildman–Crippen MR) is 205 cm³/mol. The number of esters is 2. The quantitative estimate of drug-likeness (QED) is 0.0241. The third kappa shape index (κ3) is 35.3. The number of phosphoric ester groups is 1. The van der Waals surface area contributed by atoms with Gasteiger partial charge in [-0.25, -0.2) is 4.57 Å². The van der Waals surface area contributed by atoms with Gasteiger partial charge in [-0.15, -0.1) is 0 Å². The van der Waals surface area contributed by atoms with E-state index in [1.165, 1.54) is 64.2 Å². The molecule has 0 aliphatic carbocycles. The Morgan fingerprint density at radius 3 is 1.14 bits per heavy atom. The highest BCUT2D eigenvalue weighted by Gasteiger charge is 2.27. The van der Waals surface area contributed by atoms with Gasteiger partial charge in [0.2, 0.25) is 0 Å². The maximum absolute atomic E-state index is 12.3. The lowest BCUT2D eigenvalue weighted by Crippen LogP contribution is -2.28. The number of unbranched alkanes of at least 4 members (excludes halogenated alkanes) is 20. The number of carbonyl (C=O) groups excluding carboxylic acids is 2. The fraction of sp³-hybridized carbons (Fsp3) is 0.850. The normalized spacial score (nSPS) is 14.2. The summed E-state index contributed by atoms with van der Waals surface area (Å²) in [7, 11) is -4.63. The Kier molecular flexibility index (Phi) is 35.7. The van der Waals surface area contributed by atoms with Crippen molar-refractivity contribution in [2.75, 3.05) is 26.4 Å². The molecule has 10 nitrogen and oxygen atoms in total. The summed E-state index contributed by atoms with van der Waals surface area (Å²) in [6.07, 6.45) is 34.3. The predicted octanol–water partition coefficient (Wildman–Crippen LogP) is 10.2. The molecule has 3 atom stereocenters. The van der Waals surface area contributed by atoms with Crippen LogP contribution in [-0.4, -0.2) is 65.7 Å². The molecule has 1 unspecified atom stereocenters. The Bertz CT molecular complexity index is 910. The number of carbonyl (C=O) groups is 2. The smallest absolute Gasteiger partial charge is 0.457 e. The van der Waals surface area contributed by atoms with Crippen molar-refractivity contribution >= 4 is 19.8 Å². The Labute approximate surface area is 310 Å². The number of ether oxygens (including phenoxy) is 2. The largest absolute Gasteiger partial charge is 0.472 e. The molecule has 0 saturated carbocycles. The van der Waals surface area contributed by atoms with Crippen molar-refractivity contribution in [3.63, 3.8) is 0 Å². The molecule has 11 heteroatoms. The average Bonchev–Trinajstić information content (AvgIpc) is 3.12. The van der Waals surface area contributed by atoms with Gasteiger partial charge in [-0.05, 0) is 64.2 Å². The van der Waals surface area contributed by atoms with Gasteiger partial charge < -0.3 is 24.6 Å². The second kappa shape index (κ2) is 36.8. The molecule has 0 aliphatic heterocycles. The Morgan fingerprint density at radius 2 is 0.804 bits per heavy atom. The maximum Gasteiger partial charge on any atom is 0.472 e. The zero-order valence-electron chi connectivity index (χ0n) is 32.3. The number of rotatable bonds is 38. The summed E-state index contributed by atoms with van der Waals surface area (Å²) in [5.74, 6) is -1.03. The summed E-state index contributed by atoms with van der Waals surface area (Å²) in [4.78, 5) is 34.4. The van der Waals surface area contributed by atoms with Crippen LogP contribution in [0.4, 0.5) is 0 Å². The Balaban J connectivity index is 3.97. The summed E-state index contributed by atoms with van der Waals surface area (Å²) >= 11 is 0. The van der Waals surface area contributed by atoms with E-state index in [4.69, 9.17) is 18.5 Å². The van der Waals surface area contributed by atoms with Gasteiger partial charge in [-0.3, -0.25) is 18.6 Å². The number of phosphoric acid groups is 1. The molecule has 0 rings (SSSR count). The zero-order valence-corrected chi connectivity index (χ0v) is 33.2. The maximum atomic E-state index is 12.3. The van der Waals surface area contributed by atoms with E-state index in [-0.39, 0.29) is 12.8 Å². The SMILES string of the molecule is CCCCCC/C=C\CCCCCCCC(=O)O[C@@H](CO)COP(=O)(O)OC[C@H](CO)OC(=O)CCCCCCC/C=C\CCCCCCCC. The molecule has 300 valence electrons. The molecule has 0 bridgehead atoms. The second-order valence-electron chi connectivity index (χ2n) is 13.6. The van der Waals surface area contributed by atoms with E-state index < -0.39 is 58.4 Å². The first kappa shape index (κ1) is 49.5. The molecule has 3 N–H and O–H groups in total. The minimum atomic E-state index is -4.63. The molecule has 0 aromatic heterocycles. The molecule has 0 fully saturated rings. The van der Waals surface area contributed by atoms with Crippen molar-refractivity contribution in [1.29, 1.82) is 0 Å². The van der Waals surface area contributed by atoms with Gasteiger partial charge in [0.25, 0.3) is 0 Å². The van der Waals surface area contributed by atoms with Crippen LogP contribution in [0.1, 0.15) is 181 Å². The third-order valence-electron chi connectivity index (χ3n) is 8.64. The van der Waals surface area contributed by atoms with Crippen LogP contribution >= 0.6 is 7.82 Å². The molecule has 0 aromatic rings. The van der Waals surface area contributed by atoms with Gasteiger partial charge in [0.1, 0.15) is 12.2 Å². The summed E-state index contributed by atoms with van der Waals surface area (Å²) in [5, 5.41) is 19.1. The van der Waals surface area contributed by atoms with E-state index in [0.29, 0.717) is 12.8 Å². The average molecular weight is 747 g/mol. The molecule has 0 aliphatic rings. The summed E-state index contributed by atoms with van der Waals surface area (Å²) in [5.41, 5.74) is 0. The highest BCUT2D eigenvalue weighted by molar-refractivity contribution is 7.47. The lowest BCUT2D eigenvalue weighted by molar-refractivity contribution is -0.153. The summed E-state index contributed by atoms with van der Waals surface area (Å²) in [6, 6.07) is 0. The fourth-order valence-corrected chi connectivity index (χ4v) is 6.24. The van der Waals surface area contributed by atoms with E-state index in [2.05, 4.69) is 38.2 Å². The number of aliphatic hydroxyl groups is 2. The number of hydrogen-bond donors (Lipinski definition) is 3. The molecule has 0 radical (unpaired) electrons. The van der Waals surface area contributed by atoms with Crippen LogP contribution in [0.25, 0.3) is 0 Å². The highest BCUT2D eigenvalue weighted by Crippen LogP contribution is 2.43. The first-order valence-corrected chi connectivity index (χ1v) is 21.8. The topological polar surface area (TPSA) is 149 Å². The van der Waals surface area contributed by atoms with Gasteiger partial charge in [-0.2, -0.15) is 0 Å². The molecule has 0 aromatic carbocycles. The van der Waals surface area contributed by atoms with Crippen LogP contribution in [0.3, 0.4) is 0 Å². The Morgan fingerprint density at radius 1 is 0.510 bits per heavy atom. The summed E-state index contributed by atoms with van der Waals surface area (Å²) in [6.45, 7) is 2.16. The molecule has 0 amide bonds. The van der Waals surface area contributed by atoms with E-state index in [1.807, 2.05) is 0 Å². The fourth-order valence-electron chi connectivity index (χ4n) is 5.46. The highest BCUT2D eigenvalue weighted by atomic mass is 31.2. The monoisotopic (exact) mass is 747 g/mol. The molecule has 0 heterocycles. The number of aliphatic hydroxyl groups excluding tert-OH is 2. The third-order valence-corrected chi connectivity index (χ3v) is 9.59. The summed E-state index contributed by atoms with van der Waals surface area (Å²) < 4.78 is 32.5. The molecule has 51 heavy (non-hydrogen) atoms. The van der Waals surface area contributed by atoms with Crippen LogP contribution in [0.15, 0.2) is 24.3 Å². The zero-order chi connectivity index (χ0) is 37.7. The second-order valence-corrected chi connectivity index (χ2v) is 15.1. The van der Waals surface area contributed by atoms with Crippen molar-refractivity contribution in [2.45, 2.75) is 193 Å². The van der Waals surface area contributed by atoms with Crippen molar-refractivity contribution < 1.29 is 47.8 Å². The van der Waals surface area contributed by atoms with Crippen molar-refractivity contribution in [3.05, 3.63) is 24.3 Å². The molecule has 0 spiro atoms. The minimum absolute atomic E-state index is 0.183. The van der Waals surface area contributed by atoms with Crippen molar-refractivity contribution in [1.82, 2.24) is 0 Å². The van der Waals surface area contributed by atoms with E-state index in [1.54, 1.807) is 0 Å². The standard InChI is InChI=1S/C40H75O10P/c1-3-5-7-9-11-13-15-17-18-20-22-24-26-28-30-32-40(44)50-38(34-42)36-48-51(45,46)47-35-37(33-41)49-39(43)31-29-27-25-23-21-19-16-14-12-10-8-6-4-2/h14,16-18,37-38,41-42H,3-13,15,19-36H2,1-2H3,(H,45,46)/b16-14-,18-17-/t37-,38-/m0/s1. The van der Waals surface area contributed by atoms with Crippen LogP contribution < -0.4 is 0 Å². The van der Waals surface area contributed by atoms with Gasteiger partial charge >= 0.3 is 19.8 Å². The van der Waals surface area contributed by atoms with Crippen LogP contribution in [-0.2, 0) is 32.7 Å². The molecule has 0 saturated heterocycles. The number of hydrogen-bond acceptors (Lipinski definition) is 9. The van der Waals surface area contributed by atoms with Crippen LogP contribution in [0.5, 0.6) is 0 Å².